The van der Waals surface area contributed by atoms with E-state index in [2.05, 4.69) is 9.97 Å². The number of nitrogens with zero attached hydrogens (tertiary/aromatic N) is 1. The molecule has 1 N–H and O–H groups in total. The molecule has 1 aliphatic rings. The molecule has 5 nitrogen and oxygen atoms in total. The van der Waals surface area contributed by atoms with Crippen LogP contribution in [0.5, 0.6) is 0 Å². The quantitative estimate of drug-likeness (QED) is 0.499. The number of nitrogens with one attached hydrogen (secondary N) is 1. The van der Waals surface area contributed by atoms with Gasteiger partial charge in [0.25, 0.3) is 0 Å². The number of carbonyl (C=O) groups excluding carboxylic acids is 1. The standard InChI is InChI=1S/C24H22N2O3/c27-24(18-8-9-20-19(15-18)22-21(26-20)7-4-12-25-22)29-23(16-5-2-1-3-6-16)17-10-13-28-14-11-17/h1-9,12,15,17,23,26H,10-11,13-14H2. The van der Waals surface area contributed by atoms with E-state index in [1.807, 2.05) is 60.7 Å². The number of hydrogen-bond donors (Lipinski definition) is 1. The molecule has 1 fully saturated rings. The first-order chi connectivity index (χ1) is 14.3. The summed E-state index contributed by atoms with van der Waals surface area (Å²) >= 11 is 0. The number of aromatic nitrogens is 2. The average molecular weight is 386 g/mol. The summed E-state index contributed by atoms with van der Waals surface area (Å²) in [5.41, 5.74) is 4.34. The zero-order valence-electron chi connectivity index (χ0n) is 16.0. The van der Waals surface area contributed by atoms with Crippen LogP contribution in [0.4, 0.5) is 0 Å². The smallest absolute Gasteiger partial charge is 0.338 e. The Balaban J connectivity index is 1.47. The van der Waals surface area contributed by atoms with E-state index in [0.29, 0.717) is 18.8 Å². The third-order valence-electron chi connectivity index (χ3n) is 5.64. The summed E-state index contributed by atoms with van der Waals surface area (Å²) in [5, 5.41) is 0.928. The van der Waals surface area contributed by atoms with Gasteiger partial charge >= 0.3 is 5.97 Å². The van der Waals surface area contributed by atoms with E-state index in [1.54, 1.807) is 6.20 Å². The molecular weight excluding hydrogens is 364 g/mol. The molecule has 0 amide bonds. The molecule has 29 heavy (non-hydrogen) atoms. The summed E-state index contributed by atoms with van der Waals surface area (Å²) in [6.45, 7) is 1.41. The van der Waals surface area contributed by atoms with Crippen molar-refractivity contribution in [1.29, 1.82) is 0 Å². The largest absolute Gasteiger partial charge is 0.454 e. The van der Waals surface area contributed by atoms with Gasteiger partial charge < -0.3 is 14.5 Å². The maximum Gasteiger partial charge on any atom is 0.338 e. The van der Waals surface area contributed by atoms with E-state index >= 15 is 0 Å². The summed E-state index contributed by atoms with van der Waals surface area (Å²) in [6, 6.07) is 19.5. The van der Waals surface area contributed by atoms with Crippen molar-refractivity contribution < 1.29 is 14.3 Å². The van der Waals surface area contributed by atoms with Crippen LogP contribution in [0.1, 0.15) is 34.9 Å². The van der Waals surface area contributed by atoms with Crippen molar-refractivity contribution in [2.45, 2.75) is 18.9 Å². The van der Waals surface area contributed by atoms with Crippen molar-refractivity contribution >= 4 is 27.9 Å². The number of hydrogen-bond acceptors (Lipinski definition) is 4. The number of fused-ring (bicyclic) bond motifs is 3. The third kappa shape index (κ3) is 3.49. The van der Waals surface area contributed by atoms with Gasteiger partial charge in [0.2, 0.25) is 0 Å². The molecule has 2 aromatic carbocycles. The van der Waals surface area contributed by atoms with Crippen molar-refractivity contribution in [3.63, 3.8) is 0 Å². The summed E-state index contributed by atoms with van der Waals surface area (Å²) in [5.74, 6) is -0.0499. The molecule has 0 radical (unpaired) electrons. The molecule has 2 aromatic heterocycles. The highest BCUT2D eigenvalue weighted by molar-refractivity contribution is 6.07. The summed E-state index contributed by atoms with van der Waals surface area (Å²) in [4.78, 5) is 20.9. The number of pyridine rings is 1. The van der Waals surface area contributed by atoms with Crippen LogP contribution in [0, 0.1) is 5.92 Å². The van der Waals surface area contributed by atoms with Crippen LogP contribution in [0.3, 0.4) is 0 Å². The number of esters is 1. The van der Waals surface area contributed by atoms with Gasteiger partial charge in [-0.2, -0.15) is 0 Å². The van der Waals surface area contributed by atoms with Crippen molar-refractivity contribution in [2.24, 2.45) is 5.92 Å². The zero-order valence-corrected chi connectivity index (χ0v) is 16.0. The maximum absolute atomic E-state index is 13.1. The highest BCUT2D eigenvalue weighted by atomic mass is 16.5. The molecule has 1 aliphatic heterocycles. The van der Waals surface area contributed by atoms with Gasteiger partial charge in [0.15, 0.2) is 0 Å². The lowest BCUT2D eigenvalue weighted by Gasteiger charge is -2.30. The van der Waals surface area contributed by atoms with Crippen molar-refractivity contribution in [3.05, 3.63) is 78.0 Å². The topological polar surface area (TPSA) is 64.2 Å². The number of benzene rings is 2. The Morgan fingerprint density at radius 2 is 1.86 bits per heavy atom. The average Bonchev–Trinajstić information content (AvgIpc) is 3.16. The van der Waals surface area contributed by atoms with E-state index in [4.69, 9.17) is 9.47 Å². The maximum atomic E-state index is 13.1. The molecule has 0 bridgehead atoms. The van der Waals surface area contributed by atoms with Crippen molar-refractivity contribution in [1.82, 2.24) is 9.97 Å². The molecule has 1 unspecified atom stereocenters. The lowest BCUT2D eigenvalue weighted by atomic mass is 9.89. The third-order valence-corrected chi connectivity index (χ3v) is 5.64. The van der Waals surface area contributed by atoms with E-state index < -0.39 is 0 Å². The SMILES string of the molecule is O=C(OC(c1ccccc1)C1CCOCC1)c1ccc2[nH]c3cccnc3c2c1. The van der Waals surface area contributed by atoms with Crippen LogP contribution in [0.25, 0.3) is 21.9 Å². The summed E-state index contributed by atoms with van der Waals surface area (Å²) < 4.78 is 11.6. The second-order valence-electron chi connectivity index (χ2n) is 7.47. The number of aromatic amines is 1. The van der Waals surface area contributed by atoms with Crippen LogP contribution >= 0.6 is 0 Å². The molecule has 0 spiro atoms. The summed E-state index contributed by atoms with van der Waals surface area (Å²) in [6.07, 6.45) is 3.26. The Morgan fingerprint density at radius 3 is 2.69 bits per heavy atom. The summed E-state index contributed by atoms with van der Waals surface area (Å²) in [7, 11) is 0. The minimum absolute atomic E-state index is 0.258. The van der Waals surface area contributed by atoms with E-state index in [9.17, 15) is 4.79 Å². The molecule has 5 rings (SSSR count). The molecule has 4 aromatic rings. The number of rotatable bonds is 4. The first kappa shape index (κ1) is 17.9. The van der Waals surface area contributed by atoms with Crippen molar-refractivity contribution in [3.8, 4) is 0 Å². The Labute approximate surface area is 168 Å². The monoisotopic (exact) mass is 386 g/mol. The molecule has 0 saturated carbocycles. The van der Waals surface area contributed by atoms with Crippen LogP contribution < -0.4 is 0 Å². The Hall–Kier alpha value is -3.18. The van der Waals surface area contributed by atoms with Gasteiger partial charge in [0.05, 0.1) is 16.6 Å². The lowest BCUT2D eigenvalue weighted by Crippen LogP contribution is -2.26. The number of ether oxygens (including phenoxy) is 2. The highest BCUT2D eigenvalue weighted by Gasteiger charge is 2.29. The van der Waals surface area contributed by atoms with Gasteiger partial charge in [-0.3, -0.25) is 4.98 Å². The van der Waals surface area contributed by atoms with Gasteiger partial charge in [-0.15, -0.1) is 0 Å². The Morgan fingerprint density at radius 1 is 1.03 bits per heavy atom. The predicted octanol–water partition coefficient (Wildman–Crippen LogP) is 5.04. The van der Waals surface area contributed by atoms with Crippen LogP contribution in [0.15, 0.2) is 66.9 Å². The van der Waals surface area contributed by atoms with Crippen LogP contribution in [-0.2, 0) is 9.47 Å². The molecule has 1 atom stereocenters. The van der Waals surface area contributed by atoms with Gasteiger partial charge in [-0.05, 0) is 48.7 Å². The van der Waals surface area contributed by atoms with Crippen LogP contribution in [-0.4, -0.2) is 29.2 Å². The Kier molecular flexibility index (Phi) is 4.74. The second kappa shape index (κ2) is 7.68. The first-order valence-corrected chi connectivity index (χ1v) is 10.00. The first-order valence-electron chi connectivity index (χ1n) is 10.00. The zero-order chi connectivity index (χ0) is 19.6. The fourth-order valence-electron chi connectivity index (χ4n) is 4.12. The molecule has 3 heterocycles. The fourth-order valence-corrected chi connectivity index (χ4v) is 4.12. The highest BCUT2D eigenvalue weighted by Crippen LogP contribution is 2.34. The normalized spacial score (nSPS) is 16.1. The van der Waals surface area contributed by atoms with E-state index in [1.165, 1.54) is 0 Å². The van der Waals surface area contributed by atoms with E-state index in [0.717, 1.165) is 40.3 Å². The van der Waals surface area contributed by atoms with Gasteiger partial charge in [-0.1, -0.05) is 30.3 Å². The van der Waals surface area contributed by atoms with Gasteiger partial charge in [0.1, 0.15) is 6.10 Å². The molecule has 5 heteroatoms. The Bertz CT molecular complexity index is 1150. The van der Waals surface area contributed by atoms with Crippen molar-refractivity contribution in [2.75, 3.05) is 13.2 Å². The minimum atomic E-state index is -0.308. The molecule has 146 valence electrons. The predicted molar refractivity (Wildman–Crippen MR) is 112 cm³/mol. The second-order valence-corrected chi connectivity index (χ2v) is 7.47. The fraction of sp³-hybridized carbons (Fsp3) is 0.250. The molecule has 0 aliphatic carbocycles. The minimum Gasteiger partial charge on any atom is -0.454 e. The van der Waals surface area contributed by atoms with Crippen LogP contribution in [0.2, 0.25) is 0 Å². The lowest BCUT2D eigenvalue weighted by molar-refractivity contribution is -0.0194. The number of H-pyrrole nitrogens is 1. The van der Waals surface area contributed by atoms with Gasteiger partial charge in [0, 0.05) is 36.2 Å². The molecule has 1 saturated heterocycles. The van der Waals surface area contributed by atoms with E-state index in [-0.39, 0.29) is 18.0 Å². The molecular formula is C24H22N2O3. The van der Waals surface area contributed by atoms with Gasteiger partial charge in [-0.25, -0.2) is 4.79 Å². The number of carbonyl (C=O) groups is 1.